The van der Waals surface area contributed by atoms with Gasteiger partial charge in [0.2, 0.25) is 0 Å². The molecule has 0 saturated heterocycles. The van der Waals surface area contributed by atoms with Crippen LogP contribution in [0.5, 0.6) is 5.75 Å². The fourth-order valence-corrected chi connectivity index (χ4v) is 2.50. The molecule has 0 aromatic heterocycles. The van der Waals surface area contributed by atoms with E-state index in [9.17, 15) is 14.7 Å². The van der Waals surface area contributed by atoms with E-state index in [4.69, 9.17) is 4.74 Å². The topological polar surface area (TPSA) is 75.6 Å². The summed E-state index contributed by atoms with van der Waals surface area (Å²) in [4.78, 5) is 23.9. The molecule has 1 atom stereocenters. The van der Waals surface area contributed by atoms with Gasteiger partial charge in [0.05, 0.1) is 0 Å². The summed E-state index contributed by atoms with van der Waals surface area (Å²) in [6.07, 6.45) is 0.367. The van der Waals surface area contributed by atoms with Gasteiger partial charge < -0.3 is 15.2 Å². The highest BCUT2D eigenvalue weighted by atomic mass is 16.5. The van der Waals surface area contributed by atoms with Gasteiger partial charge in [0.1, 0.15) is 11.2 Å². The number of amides is 1. The van der Waals surface area contributed by atoms with Crippen LogP contribution in [-0.2, 0) is 15.0 Å². The van der Waals surface area contributed by atoms with Crippen LogP contribution in [0.25, 0.3) is 0 Å². The highest BCUT2D eigenvalue weighted by Crippen LogP contribution is 2.27. The Bertz CT molecular complexity index is 672. The molecule has 0 aliphatic carbocycles. The largest absolute Gasteiger partial charge is 0.484 e. The van der Waals surface area contributed by atoms with Crippen molar-refractivity contribution in [3.8, 4) is 5.75 Å². The van der Waals surface area contributed by atoms with Crippen LogP contribution in [0.15, 0.2) is 60.7 Å². The first-order valence-corrected chi connectivity index (χ1v) is 7.82. The number of ether oxygens (including phenoxy) is 1. The number of para-hydroxylation sites is 1. The van der Waals surface area contributed by atoms with Gasteiger partial charge in [0.25, 0.3) is 5.91 Å². The van der Waals surface area contributed by atoms with Crippen molar-refractivity contribution in [3.63, 3.8) is 0 Å². The Balaban J connectivity index is 2.00. The van der Waals surface area contributed by atoms with E-state index in [1.807, 2.05) is 24.3 Å². The van der Waals surface area contributed by atoms with Crippen molar-refractivity contribution in [1.29, 1.82) is 0 Å². The zero-order valence-electron chi connectivity index (χ0n) is 13.6. The van der Waals surface area contributed by atoms with Gasteiger partial charge in [-0.05, 0) is 24.1 Å². The van der Waals surface area contributed by atoms with Gasteiger partial charge in [0, 0.05) is 6.54 Å². The maximum absolute atomic E-state index is 12.0. The molecular weight excluding hydrogens is 306 g/mol. The summed E-state index contributed by atoms with van der Waals surface area (Å²) >= 11 is 0. The molecule has 5 heteroatoms. The first-order valence-electron chi connectivity index (χ1n) is 7.82. The molecule has 5 nitrogen and oxygen atoms in total. The van der Waals surface area contributed by atoms with Crippen LogP contribution in [0.3, 0.4) is 0 Å². The molecule has 2 aromatic carbocycles. The number of nitrogens with one attached hydrogen (secondary N) is 1. The predicted octanol–water partition coefficient (Wildman–Crippen LogP) is 2.61. The Morgan fingerprint density at radius 2 is 1.62 bits per heavy atom. The van der Waals surface area contributed by atoms with Gasteiger partial charge in [-0.15, -0.1) is 0 Å². The van der Waals surface area contributed by atoms with Crippen LogP contribution in [0.2, 0.25) is 0 Å². The second-order valence-corrected chi connectivity index (χ2v) is 5.49. The molecule has 0 radical (unpaired) electrons. The lowest BCUT2D eigenvalue weighted by Gasteiger charge is -2.29. The van der Waals surface area contributed by atoms with E-state index in [-0.39, 0.29) is 19.1 Å². The predicted molar refractivity (Wildman–Crippen MR) is 91.0 cm³/mol. The highest BCUT2D eigenvalue weighted by Gasteiger charge is 2.38. The summed E-state index contributed by atoms with van der Waals surface area (Å²) in [5.74, 6) is -0.718. The minimum atomic E-state index is -1.15. The summed E-state index contributed by atoms with van der Waals surface area (Å²) in [7, 11) is 0. The number of carboxylic acids is 1. The maximum atomic E-state index is 12.0. The molecule has 2 N–H and O–H groups in total. The minimum Gasteiger partial charge on any atom is -0.484 e. The van der Waals surface area contributed by atoms with Crippen molar-refractivity contribution in [2.45, 2.75) is 18.8 Å². The average Bonchev–Trinajstić information content (AvgIpc) is 2.62. The summed E-state index contributed by atoms with van der Waals surface area (Å²) in [5, 5.41) is 12.4. The zero-order chi connectivity index (χ0) is 17.4. The Morgan fingerprint density at radius 3 is 2.17 bits per heavy atom. The molecular formula is C19H21NO4. The Labute approximate surface area is 141 Å². The van der Waals surface area contributed by atoms with Gasteiger partial charge in [-0.1, -0.05) is 55.5 Å². The normalized spacial score (nSPS) is 12.9. The van der Waals surface area contributed by atoms with Crippen LogP contribution >= 0.6 is 0 Å². The average molecular weight is 327 g/mol. The smallest absolute Gasteiger partial charge is 0.315 e. The molecule has 2 rings (SSSR count). The Hall–Kier alpha value is -2.82. The third-order valence-electron chi connectivity index (χ3n) is 4.04. The zero-order valence-corrected chi connectivity index (χ0v) is 13.6. The Morgan fingerprint density at radius 1 is 1.04 bits per heavy atom. The van der Waals surface area contributed by atoms with E-state index < -0.39 is 11.4 Å². The number of hydrogen-bond acceptors (Lipinski definition) is 3. The highest BCUT2D eigenvalue weighted by molar-refractivity contribution is 5.84. The van der Waals surface area contributed by atoms with Gasteiger partial charge in [-0.2, -0.15) is 0 Å². The molecule has 24 heavy (non-hydrogen) atoms. The fraction of sp³-hybridized carbons (Fsp3) is 0.263. The lowest BCUT2D eigenvalue weighted by atomic mass is 9.78. The van der Waals surface area contributed by atoms with E-state index in [0.717, 1.165) is 0 Å². The first kappa shape index (κ1) is 17.5. The number of hydrogen-bond donors (Lipinski definition) is 2. The van der Waals surface area contributed by atoms with Gasteiger partial charge >= 0.3 is 5.97 Å². The molecule has 1 amide bonds. The molecule has 2 aromatic rings. The quantitative estimate of drug-likeness (QED) is 0.781. The van der Waals surface area contributed by atoms with Gasteiger partial charge in [-0.25, -0.2) is 0 Å². The van der Waals surface area contributed by atoms with E-state index in [0.29, 0.717) is 17.7 Å². The summed E-state index contributed by atoms with van der Waals surface area (Å²) in [6.45, 7) is 1.66. The molecule has 0 fully saturated rings. The monoisotopic (exact) mass is 327 g/mol. The lowest BCUT2D eigenvalue weighted by molar-refractivity contribution is -0.144. The number of carbonyl (C=O) groups is 2. The second-order valence-electron chi connectivity index (χ2n) is 5.49. The molecule has 0 aliphatic heterocycles. The summed E-state index contributed by atoms with van der Waals surface area (Å²) < 4.78 is 5.37. The van der Waals surface area contributed by atoms with Crippen molar-refractivity contribution in [3.05, 3.63) is 66.2 Å². The van der Waals surface area contributed by atoms with Crippen LogP contribution in [0, 0.1) is 0 Å². The van der Waals surface area contributed by atoms with Crippen LogP contribution in [0.1, 0.15) is 18.9 Å². The van der Waals surface area contributed by atoms with Crippen molar-refractivity contribution in [2.75, 3.05) is 13.2 Å². The molecule has 126 valence electrons. The van der Waals surface area contributed by atoms with E-state index in [1.54, 1.807) is 43.3 Å². The fourth-order valence-electron chi connectivity index (χ4n) is 2.50. The van der Waals surface area contributed by atoms with Gasteiger partial charge in [0.15, 0.2) is 6.61 Å². The third kappa shape index (κ3) is 4.13. The number of aliphatic carboxylic acids is 1. The molecule has 0 aliphatic rings. The van der Waals surface area contributed by atoms with Gasteiger partial charge in [-0.3, -0.25) is 9.59 Å². The standard InChI is InChI=1S/C19H21NO4/c1-2-19(18(22)23,15-9-5-3-6-10-15)14-20-17(21)13-24-16-11-7-4-8-12-16/h3-12H,2,13-14H2,1H3,(H,20,21)(H,22,23). The second kappa shape index (κ2) is 8.15. The van der Waals surface area contributed by atoms with Crippen LogP contribution in [0.4, 0.5) is 0 Å². The molecule has 0 heterocycles. The minimum absolute atomic E-state index is 0.0137. The van der Waals surface area contributed by atoms with Crippen LogP contribution in [-0.4, -0.2) is 30.1 Å². The van der Waals surface area contributed by atoms with E-state index in [2.05, 4.69) is 5.32 Å². The molecule has 0 bridgehead atoms. The number of carboxylic acid groups (broad SMARTS) is 1. The number of rotatable bonds is 8. The van der Waals surface area contributed by atoms with Crippen molar-refractivity contribution >= 4 is 11.9 Å². The number of carbonyl (C=O) groups excluding carboxylic acids is 1. The van der Waals surface area contributed by atoms with Crippen molar-refractivity contribution in [1.82, 2.24) is 5.32 Å². The maximum Gasteiger partial charge on any atom is 0.315 e. The summed E-state index contributed by atoms with van der Waals surface area (Å²) in [5.41, 5.74) is -0.479. The summed E-state index contributed by atoms with van der Waals surface area (Å²) in [6, 6.07) is 18.0. The van der Waals surface area contributed by atoms with E-state index in [1.165, 1.54) is 0 Å². The van der Waals surface area contributed by atoms with Crippen LogP contribution < -0.4 is 10.1 Å². The van der Waals surface area contributed by atoms with Crippen molar-refractivity contribution in [2.24, 2.45) is 0 Å². The SMILES string of the molecule is CCC(CNC(=O)COc1ccccc1)(C(=O)O)c1ccccc1. The lowest BCUT2D eigenvalue weighted by Crippen LogP contribution is -2.47. The Kier molecular flexibility index (Phi) is 5.95. The number of benzene rings is 2. The third-order valence-corrected chi connectivity index (χ3v) is 4.04. The van der Waals surface area contributed by atoms with E-state index >= 15 is 0 Å². The molecule has 1 unspecified atom stereocenters. The first-order chi connectivity index (χ1) is 11.6. The van der Waals surface area contributed by atoms with Crippen molar-refractivity contribution < 1.29 is 19.4 Å². The molecule has 0 spiro atoms. The molecule has 0 saturated carbocycles.